The Morgan fingerprint density at radius 1 is 0.925 bits per heavy atom. The second-order valence-corrected chi connectivity index (χ2v) is 15.2. The lowest BCUT2D eigenvalue weighted by atomic mass is 9.96. The number of benzene rings is 2. The van der Waals surface area contributed by atoms with Crippen molar-refractivity contribution in [1.29, 1.82) is 0 Å². The molecule has 218 valence electrons. The number of carbonyl (C=O) groups excluding carboxylic acids is 1. The summed E-state index contributed by atoms with van der Waals surface area (Å²) in [6.07, 6.45) is 6.08. The van der Waals surface area contributed by atoms with E-state index >= 15 is 0 Å². The average Bonchev–Trinajstić information content (AvgIpc) is 3.38. The van der Waals surface area contributed by atoms with Crippen molar-refractivity contribution in [3.63, 3.8) is 0 Å². The molecule has 0 saturated heterocycles. The lowest BCUT2D eigenvalue weighted by molar-refractivity contribution is 0.0983. The Morgan fingerprint density at radius 3 is 2.15 bits per heavy atom. The normalized spacial score (nSPS) is 15.2. The second kappa shape index (κ2) is 12.6. The van der Waals surface area contributed by atoms with Gasteiger partial charge in [-0.25, -0.2) is 21.8 Å². The van der Waals surface area contributed by atoms with Crippen LogP contribution >= 0.6 is 11.3 Å². The molecule has 2 aromatic carbocycles. The third-order valence-electron chi connectivity index (χ3n) is 7.65. The van der Waals surface area contributed by atoms with Crippen molar-refractivity contribution in [2.45, 2.75) is 61.8 Å². The number of carbonyl (C=O) groups is 1. The molecule has 1 amide bonds. The quantitative estimate of drug-likeness (QED) is 0.313. The Kier molecular flexibility index (Phi) is 9.66. The zero-order chi connectivity index (χ0) is 29.1. The highest BCUT2D eigenvalue weighted by Crippen LogP contribution is 2.32. The van der Waals surface area contributed by atoms with Gasteiger partial charge in [0.1, 0.15) is 0 Å². The summed E-state index contributed by atoms with van der Waals surface area (Å²) in [5.74, 6) is -0.292. The first-order chi connectivity index (χ1) is 19.0. The number of rotatable bonds is 11. The molecular weight excluding hydrogens is 569 g/mol. The van der Waals surface area contributed by atoms with E-state index in [1.165, 1.54) is 33.8 Å². The summed E-state index contributed by atoms with van der Waals surface area (Å²) in [5, 5.41) is 0.464. The topological polar surface area (TPSA) is 108 Å². The van der Waals surface area contributed by atoms with Gasteiger partial charge in [0.25, 0.3) is 5.91 Å². The fourth-order valence-electron chi connectivity index (χ4n) is 5.04. The van der Waals surface area contributed by atoms with Crippen LogP contribution in [0, 0.1) is 0 Å². The highest BCUT2D eigenvalue weighted by Gasteiger charge is 2.30. The summed E-state index contributed by atoms with van der Waals surface area (Å²) in [5.41, 5.74) is 0.968. The maximum atomic E-state index is 13.8. The van der Waals surface area contributed by atoms with Crippen LogP contribution in [-0.2, 0) is 19.9 Å². The van der Waals surface area contributed by atoms with Gasteiger partial charge in [-0.15, -0.1) is 0 Å². The number of thiazole rings is 1. The van der Waals surface area contributed by atoms with Gasteiger partial charge in [0.05, 0.1) is 20.0 Å². The molecule has 1 fully saturated rings. The lowest BCUT2D eigenvalue weighted by Crippen LogP contribution is -2.39. The van der Waals surface area contributed by atoms with Crippen LogP contribution in [0.15, 0.2) is 52.3 Å². The summed E-state index contributed by atoms with van der Waals surface area (Å²) in [7, 11) is -5.42. The molecule has 0 atom stereocenters. The van der Waals surface area contributed by atoms with Crippen LogP contribution < -0.4 is 4.90 Å². The number of hydrogen-bond acceptors (Lipinski definition) is 8. The van der Waals surface area contributed by atoms with E-state index in [-0.39, 0.29) is 21.7 Å². The predicted octanol–water partition coefficient (Wildman–Crippen LogP) is 4.64. The molecule has 0 spiro atoms. The molecule has 1 aliphatic rings. The van der Waals surface area contributed by atoms with Crippen LogP contribution in [0.4, 0.5) is 5.13 Å². The molecule has 12 heteroatoms. The van der Waals surface area contributed by atoms with Crippen molar-refractivity contribution in [3.05, 3.63) is 48.0 Å². The number of sulfone groups is 1. The van der Waals surface area contributed by atoms with E-state index in [0.29, 0.717) is 34.0 Å². The number of amides is 1. The first-order valence-electron chi connectivity index (χ1n) is 13.7. The molecule has 0 bridgehead atoms. The number of fused-ring (bicyclic) bond motifs is 1. The minimum atomic E-state index is -3.67. The van der Waals surface area contributed by atoms with Crippen molar-refractivity contribution in [2.24, 2.45) is 0 Å². The summed E-state index contributed by atoms with van der Waals surface area (Å²) in [4.78, 5) is 22.6. The van der Waals surface area contributed by atoms with Crippen LogP contribution in [0.2, 0.25) is 0 Å². The molecule has 0 aliphatic heterocycles. The molecule has 9 nitrogen and oxygen atoms in total. The first kappa shape index (κ1) is 30.6. The zero-order valence-corrected chi connectivity index (χ0v) is 26.0. The van der Waals surface area contributed by atoms with Gasteiger partial charge in [-0.05, 0) is 68.4 Å². The van der Waals surface area contributed by atoms with Crippen molar-refractivity contribution in [3.8, 4) is 0 Å². The molecule has 3 aromatic rings. The van der Waals surface area contributed by atoms with Gasteiger partial charge in [-0.3, -0.25) is 9.69 Å². The van der Waals surface area contributed by atoms with Crippen molar-refractivity contribution >= 4 is 52.5 Å². The Bertz CT molecular complexity index is 1540. The van der Waals surface area contributed by atoms with Crippen LogP contribution in [0.3, 0.4) is 0 Å². The highest BCUT2D eigenvalue weighted by atomic mass is 32.2. The van der Waals surface area contributed by atoms with Gasteiger partial charge in [0.2, 0.25) is 10.0 Å². The van der Waals surface area contributed by atoms with Gasteiger partial charge in [-0.2, -0.15) is 4.31 Å². The van der Waals surface area contributed by atoms with Gasteiger partial charge in [0, 0.05) is 38.0 Å². The summed E-state index contributed by atoms with van der Waals surface area (Å²) in [6.45, 7) is 6.78. The van der Waals surface area contributed by atoms with Crippen LogP contribution in [0.1, 0.15) is 56.3 Å². The number of nitrogens with zero attached hydrogens (tertiary/aromatic N) is 4. The lowest BCUT2D eigenvalue weighted by Gasteiger charge is -2.30. The monoisotopic (exact) mass is 606 g/mol. The molecule has 4 rings (SSSR count). The van der Waals surface area contributed by atoms with Crippen LogP contribution in [0.25, 0.3) is 10.2 Å². The Hall–Kier alpha value is -2.38. The largest absolute Gasteiger partial charge is 0.302 e. The smallest absolute Gasteiger partial charge is 0.260 e. The molecular formula is C28H38N4O5S3. The third-order valence-corrected chi connectivity index (χ3v) is 11.7. The van der Waals surface area contributed by atoms with E-state index in [1.54, 1.807) is 36.2 Å². The SMILES string of the molecule is CCN(CC)CCN(C(=O)c1ccc(S(=O)(=O)N(C)C2CCCCC2)cc1)c1nc2ccc(S(C)(=O)=O)cc2s1. The Labute approximate surface area is 241 Å². The fourth-order valence-corrected chi connectivity index (χ4v) is 8.20. The second-order valence-electron chi connectivity index (χ2n) is 10.2. The van der Waals surface area contributed by atoms with Crippen molar-refractivity contribution < 1.29 is 21.6 Å². The van der Waals surface area contributed by atoms with Crippen molar-refractivity contribution in [2.75, 3.05) is 44.4 Å². The minimum absolute atomic E-state index is 0.00197. The predicted molar refractivity (Wildman–Crippen MR) is 160 cm³/mol. The van der Waals surface area contributed by atoms with Crippen LogP contribution in [0.5, 0.6) is 0 Å². The van der Waals surface area contributed by atoms with E-state index in [1.807, 2.05) is 0 Å². The maximum absolute atomic E-state index is 13.8. The first-order valence-corrected chi connectivity index (χ1v) is 17.8. The molecule has 0 unspecified atom stereocenters. The summed E-state index contributed by atoms with van der Waals surface area (Å²) < 4.78 is 52.8. The van der Waals surface area contributed by atoms with E-state index in [2.05, 4.69) is 23.7 Å². The molecule has 1 aliphatic carbocycles. The van der Waals surface area contributed by atoms with Crippen molar-refractivity contribution in [1.82, 2.24) is 14.2 Å². The zero-order valence-electron chi connectivity index (χ0n) is 23.5. The average molecular weight is 607 g/mol. The highest BCUT2D eigenvalue weighted by molar-refractivity contribution is 7.90. The molecule has 40 heavy (non-hydrogen) atoms. The van der Waals surface area contributed by atoms with E-state index in [4.69, 9.17) is 0 Å². The molecule has 0 radical (unpaired) electrons. The van der Waals surface area contributed by atoms with Gasteiger partial charge in [0.15, 0.2) is 15.0 Å². The third kappa shape index (κ3) is 6.73. The molecule has 1 saturated carbocycles. The van der Waals surface area contributed by atoms with E-state index in [0.717, 1.165) is 51.4 Å². The maximum Gasteiger partial charge on any atom is 0.260 e. The Morgan fingerprint density at radius 2 is 1.55 bits per heavy atom. The number of anilines is 1. The molecule has 1 aromatic heterocycles. The van der Waals surface area contributed by atoms with Crippen LogP contribution in [-0.4, -0.2) is 82.5 Å². The van der Waals surface area contributed by atoms with Gasteiger partial charge in [-0.1, -0.05) is 44.4 Å². The summed E-state index contributed by atoms with van der Waals surface area (Å²) >= 11 is 1.26. The standard InChI is InChI=1S/C28H38N4O5S3/c1-5-31(6-2)18-19-32(28-29-25-17-16-24(39(4,34)35)20-26(25)38-28)27(33)21-12-14-23(15-13-21)40(36,37)30(3)22-10-8-7-9-11-22/h12-17,20,22H,5-11,18-19H2,1-4H3. The number of aromatic nitrogens is 1. The van der Waals surface area contributed by atoms with E-state index in [9.17, 15) is 21.6 Å². The number of sulfonamides is 1. The summed E-state index contributed by atoms with van der Waals surface area (Å²) in [6, 6.07) is 10.9. The molecule has 0 N–H and O–H groups in total. The van der Waals surface area contributed by atoms with Gasteiger partial charge >= 0.3 is 0 Å². The van der Waals surface area contributed by atoms with E-state index < -0.39 is 19.9 Å². The Balaban J connectivity index is 1.63. The van der Waals surface area contributed by atoms with Gasteiger partial charge < -0.3 is 4.90 Å². The number of hydrogen-bond donors (Lipinski definition) is 0. The molecule has 1 heterocycles. The fraction of sp³-hybridized carbons (Fsp3) is 0.500. The number of likely N-dealkylation sites (N-methyl/N-ethyl adjacent to an activating group) is 1. The minimum Gasteiger partial charge on any atom is -0.302 e.